The smallest absolute Gasteiger partial charge is 0.270 e. The fourth-order valence-electron chi connectivity index (χ4n) is 2.01. The number of nitrogens with one attached hydrogen (secondary N) is 2. The second kappa shape index (κ2) is 8.89. The summed E-state index contributed by atoms with van der Waals surface area (Å²) in [5.41, 5.74) is 1.35. The number of non-ortho nitro benzene ring substituents is 1. The fraction of sp³-hybridized carbons (Fsp3) is 0.125. The van der Waals surface area contributed by atoms with Gasteiger partial charge in [0.25, 0.3) is 5.69 Å². The lowest BCUT2D eigenvalue weighted by Gasteiger charge is -2.11. The lowest BCUT2D eigenvalue weighted by atomic mass is 10.1. The Labute approximate surface area is 162 Å². The van der Waals surface area contributed by atoms with E-state index in [1.807, 2.05) is 18.2 Å². The van der Waals surface area contributed by atoms with Crippen molar-refractivity contribution in [2.75, 3.05) is 5.32 Å². The first kappa shape index (κ1) is 19.3. The van der Waals surface area contributed by atoms with Gasteiger partial charge in [0.05, 0.1) is 10.6 Å². The molecule has 6 nitrogen and oxygen atoms in total. The molecule has 2 N–H and O–H groups in total. The predicted molar refractivity (Wildman–Crippen MR) is 105 cm³/mol. The second-order valence-electron chi connectivity index (χ2n) is 5.01. The minimum absolute atomic E-state index is 0.0490. The van der Waals surface area contributed by atoms with E-state index in [2.05, 4.69) is 26.6 Å². The van der Waals surface area contributed by atoms with Crippen LogP contribution in [-0.2, 0) is 11.2 Å². The Bertz CT molecular complexity index is 832. The van der Waals surface area contributed by atoms with Gasteiger partial charge in [0.2, 0.25) is 5.91 Å². The maximum atomic E-state index is 12.0. The first-order valence-corrected chi connectivity index (χ1v) is 8.73. The molecule has 0 aliphatic rings. The number of anilines is 1. The Morgan fingerprint density at radius 1 is 1.28 bits per heavy atom. The van der Waals surface area contributed by atoms with Crippen LogP contribution < -0.4 is 10.6 Å². The average molecular weight is 443 g/mol. The molecule has 0 unspecified atom stereocenters. The van der Waals surface area contributed by atoms with Gasteiger partial charge >= 0.3 is 0 Å². The van der Waals surface area contributed by atoms with Crippen LogP contribution in [-0.4, -0.2) is 15.9 Å². The summed E-state index contributed by atoms with van der Waals surface area (Å²) >= 11 is 14.4. The molecule has 0 bridgehead atoms. The molecule has 2 aromatic rings. The van der Waals surface area contributed by atoms with Crippen LogP contribution in [0.2, 0.25) is 5.02 Å². The number of carbonyl (C=O) groups is 1. The number of halogens is 2. The maximum absolute atomic E-state index is 12.0. The minimum Gasteiger partial charge on any atom is -0.331 e. The molecule has 2 rings (SSSR count). The van der Waals surface area contributed by atoms with Crippen molar-refractivity contribution in [3.05, 3.63) is 67.6 Å². The molecule has 2 aromatic carbocycles. The molecule has 0 saturated carbocycles. The highest BCUT2D eigenvalue weighted by Crippen LogP contribution is 2.27. The van der Waals surface area contributed by atoms with Gasteiger partial charge in [-0.1, -0.05) is 29.8 Å². The largest absolute Gasteiger partial charge is 0.331 e. The highest BCUT2D eigenvalue weighted by molar-refractivity contribution is 9.10. The van der Waals surface area contributed by atoms with Gasteiger partial charge < -0.3 is 10.6 Å². The van der Waals surface area contributed by atoms with Gasteiger partial charge in [0.15, 0.2) is 5.11 Å². The number of nitro groups is 1. The van der Waals surface area contributed by atoms with Gasteiger partial charge in [0.1, 0.15) is 0 Å². The van der Waals surface area contributed by atoms with E-state index in [-0.39, 0.29) is 23.1 Å². The molecule has 0 spiro atoms. The van der Waals surface area contributed by atoms with E-state index in [1.54, 1.807) is 6.07 Å². The molecule has 0 aromatic heterocycles. The van der Waals surface area contributed by atoms with Crippen molar-refractivity contribution in [2.45, 2.75) is 12.8 Å². The Hall–Kier alpha value is -2.03. The van der Waals surface area contributed by atoms with Crippen LogP contribution in [0, 0.1) is 10.1 Å². The van der Waals surface area contributed by atoms with E-state index in [9.17, 15) is 14.9 Å². The zero-order chi connectivity index (χ0) is 18.4. The molecule has 0 atom stereocenters. The molecule has 130 valence electrons. The van der Waals surface area contributed by atoms with Gasteiger partial charge in [-0.15, -0.1) is 0 Å². The second-order valence-corrected chi connectivity index (χ2v) is 6.68. The van der Waals surface area contributed by atoms with Crippen LogP contribution in [0.3, 0.4) is 0 Å². The van der Waals surface area contributed by atoms with E-state index < -0.39 is 4.92 Å². The molecule has 1 amide bonds. The minimum atomic E-state index is -0.497. The first-order chi connectivity index (χ1) is 11.9. The molecule has 0 aliphatic heterocycles. The normalized spacial score (nSPS) is 10.2. The van der Waals surface area contributed by atoms with Crippen LogP contribution in [0.4, 0.5) is 11.4 Å². The number of nitro benzene ring substituents is 1. The Morgan fingerprint density at radius 3 is 2.64 bits per heavy atom. The van der Waals surface area contributed by atoms with Crippen molar-refractivity contribution in [3.63, 3.8) is 0 Å². The first-order valence-electron chi connectivity index (χ1n) is 7.15. The summed E-state index contributed by atoms with van der Waals surface area (Å²) in [6, 6.07) is 11.5. The summed E-state index contributed by atoms with van der Waals surface area (Å²) in [4.78, 5) is 22.2. The fourth-order valence-corrected chi connectivity index (χ4v) is 2.93. The number of rotatable bonds is 5. The monoisotopic (exact) mass is 441 g/mol. The van der Waals surface area contributed by atoms with E-state index in [4.69, 9.17) is 23.8 Å². The quantitative estimate of drug-likeness (QED) is 0.406. The van der Waals surface area contributed by atoms with Gasteiger partial charge in [-0.2, -0.15) is 0 Å². The van der Waals surface area contributed by atoms with Crippen LogP contribution >= 0.6 is 39.7 Å². The molecule has 9 heteroatoms. The average Bonchev–Trinajstić information content (AvgIpc) is 2.55. The number of aryl methyl sites for hydroxylation is 1. The Kier molecular flexibility index (Phi) is 6.86. The molecule has 25 heavy (non-hydrogen) atoms. The molecule has 0 heterocycles. The van der Waals surface area contributed by atoms with E-state index >= 15 is 0 Å². The predicted octanol–water partition coefficient (Wildman–Crippen LogP) is 4.46. The van der Waals surface area contributed by atoms with E-state index in [0.717, 1.165) is 5.56 Å². The van der Waals surface area contributed by atoms with Gasteiger partial charge in [-0.25, -0.2) is 0 Å². The van der Waals surface area contributed by atoms with E-state index in [1.165, 1.54) is 18.2 Å². The van der Waals surface area contributed by atoms with Crippen molar-refractivity contribution in [1.29, 1.82) is 0 Å². The Balaban J connectivity index is 1.88. The summed E-state index contributed by atoms with van der Waals surface area (Å²) < 4.78 is 0.467. The zero-order valence-corrected chi connectivity index (χ0v) is 16.0. The third-order valence-corrected chi connectivity index (χ3v) is 4.47. The third kappa shape index (κ3) is 5.77. The highest BCUT2D eigenvalue weighted by atomic mass is 79.9. The van der Waals surface area contributed by atoms with Crippen molar-refractivity contribution >= 4 is 62.1 Å². The molecule has 0 saturated heterocycles. The lowest BCUT2D eigenvalue weighted by Crippen LogP contribution is -2.34. The van der Waals surface area contributed by atoms with Crippen molar-refractivity contribution in [2.24, 2.45) is 0 Å². The number of hydrogen-bond donors (Lipinski definition) is 2. The third-order valence-electron chi connectivity index (χ3n) is 3.24. The lowest BCUT2D eigenvalue weighted by molar-refractivity contribution is -0.384. The van der Waals surface area contributed by atoms with E-state index in [0.29, 0.717) is 21.6 Å². The van der Waals surface area contributed by atoms with Crippen LogP contribution in [0.5, 0.6) is 0 Å². The molecular formula is C16H13BrClN3O3S. The SMILES string of the molecule is O=C(CCc1ccccc1Cl)NC(=S)Nc1ccc([N+](=O)[O-])cc1Br. The standard InChI is InChI=1S/C16H13BrClN3O3S/c17-12-9-11(21(23)24)6-7-14(12)19-16(25)20-15(22)8-5-10-3-1-2-4-13(10)18/h1-4,6-7,9H,5,8H2,(H2,19,20,22,25). The van der Waals surface area contributed by atoms with Gasteiger partial charge in [-0.05, 0) is 52.3 Å². The summed E-state index contributed by atoms with van der Waals surface area (Å²) in [7, 11) is 0. The van der Waals surface area contributed by atoms with Crippen molar-refractivity contribution in [3.8, 4) is 0 Å². The van der Waals surface area contributed by atoms with Gasteiger partial charge in [0, 0.05) is 28.0 Å². The topological polar surface area (TPSA) is 84.3 Å². The summed E-state index contributed by atoms with van der Waals surface area (Å²) in [5, 5.41) is 16.8. The van der Waals surface area contributed by atoms with Crippen LogP contribution in [0.1, 0.15) is 12.0 Å². The zero-order valence-electron chi connectivity index (χ0n) is 12.8. The number of nitrogens with zero attached hydrogens (tertiary/aromatic N) is 1. The van der Waals surface area contributed by atoms with Crippen molar-refractivity contribution in [1.82, 2.24) is 5.32 Å². The molecular weight excluding hydrogens is 430 g/mol. The van der Waals surface area contributed by atoms with Gasteiger partial charge in [-0.3, -0.25) is 14.9 Å². The maximum Gasteiger partial charge on any atom is 0.270 e. The Morgan fingerprint density at radius 2 is 2.00 bits per heavy atom. The highest BCUT2D eigenvalue weighted by Gasteiger charge is 2.11. The summed E-state index contributed by atoms with van der Waals surface area (Å²) in [6.07, 6.45) is 0.725. The summed E-state index contributed by atoms with van der Waals surface area (Å²) in [6.45, 7) is 0. The van der Waals surface area contributed by atoms with Crippen molar-refractivity contribution < 1.29 is 9.72 Å². The van der Waals surface area contributed by atoms with Crippen LogP contribution in [0.25, 0.3) is 0 Å². The number of amides is 1. The molecule has 0 radical (unpaired) electrons. The number of hydrogen-bond acceptors (Lipinski definition) is 4. The number of benzene rings is 2. The number of thiocarbonyl (C=S) groups is 1. The molecule has 0 fully saturated rings. The number of carbonyl (C=O) groups excluding carboxylic acids is 1. The molecule has 0 aliphatic carbocycles. The van der Waals surface area contributed by atoms with Crippen LogP contribution in [0.15, 0.2) is 46.9 Å². The summed E-state index contributed by atoms with van der Waals surface area (Å²) in [5.74, 6) is -0.254.